The molecule has 0 aliphatic heterocycles. The molecule has 22 heavy (non-hydrogen) atoms. The number of fused-ring (bicyclic) bond motifs is 1. The monoisotopic (exact) mass is 292 g/mol. The van der Waals surface area contributed by atoms with Gasteiger partial charge in [-0.3, -0.25) is 9.67 Å². The second-order valence-electron chi connectivity index (χ2n) is 4.90. The van der Waals surface area contributed by atoms with Crippen LogP contribution in [0.25, 0.3) is 33.7 Å². The highest BCUT2D eigenvalue weighted by Crippen LogP contribution is 2.30. The Hall–Kier alpha value is -3.22. The summed E-state index contributed by atoms with van der Waals surface area (Å²) in [4.78, 5) is 13.0. The van der Waals surface area contributed by atoms with Crippen LogP contribution >= 0.6 is 0 Å². The molecular formula is C15H12N6O. The Kier molecular flexibility index (Phi) is 2.65. The van der Waals surface area contributed by atoms with Crippen molar-refractivity contribution in [1.82, 2.24) is 24.7 Å². The number of nitrogens with two attached hydrogens (primary N) is 1. The molecule has 0 unspecified atom stereocenters. The molecule has 108 valence electrons. The minimum Gasteiger partial charge on any atom is -0.443 e. The van der Waals surface area contributed by atoms with Crippen molar-refractivity contribution in [2.45, 2.75) is 0 Å². The lowest BCUT2D eigenvalue weighted by Gasteiger charge is -2.07. The van der Waals surface area contributed by atoms with Crippen LogP contribution in [0.5, 0.6) is 0 Å². The SMILES string of the molecule is Cn1ccc(-c2nc(N)cnc2-c2ccc3ocnc3c2)n1. The molecule has 0 fully saturated rings. The molecule has 0 aliphatic carbocycles. The van der Waals surface area contributed by atoms with Gasteiger partial charge in [0.05, 0.1) is 11.9 Å². The Balaban J connectivity index is 1.94. The third-order valence-corrected chi connectivity index (χ3v) is 3.35. The normalized spacial score (nSPS) is 11.1. The minimum atomic E-state index is 0.354. The number of hydrogen-bond donors (Lipinski definition) is 1. The second-order valence-corrected chi connectivity index (χ2v) is 4.90. The van der Waals surface area contributed by atoms with Crippen molar-refractivity contribution in [3.63, 3.8) is 0 Å². The van der Waals surface area contributed by atoms with Crippen molar-refractivity contribution in [2.75, 3.05) is 5.73 Å². The Morgan fingerprint density at radius 3 is 2.86 bits per heavy atom. The van der Waals surface area contributed by atoms with Crippen LogP contribution in [-0.4, -0.2) is 24.7 Å². The van der Waals surface area contributed by atoms with Gasteiger partial charge in [-0.2, -0.15) is 5.10 Å². The summed E-state index contributed by atoms with van der Waals surface area (Å²) in [6.45, 7) is 0. The summed E-state index contributed by atoms with van der Waals surface area (Å²) in [5.74, 6) is 0.354. The molecule has 0 bridgehead atoms. The molecule has 1 aromatic carbocycles. The van der Waals surface area contributed by atoms with E-state index in [0.717, 1.165) is 22.4 Å². The molecule has 7 heteroatoms. The third kappa shape index (κ3) is 1.99. The number of aryl methyl sites for hydroxylation is 1. The van der Waals surface area contributed by atoms with Gasteiger partial charge in [0.15, 0.2) is 12.0 Å². The highest BCUT2D eigenvalue weighted by atomic mass is 16.3. The molecule has 0 amide bonds. The number of nitrogens with zero attached hydrogens (tertiary/aromatic N) is 5. The van der Waals surface area contributed by atoms with Crippen molar-refractivity contribution in [1.29, 1.82) is 0 Å². The third-order valence-electron chi connectivity index (χ3n) is 3.35. The van der Waals surface area contributed by atoms with Crippen LogP contribution in [0.4, 0.5) is 5.82 Å². The molecule has 0 atom stereocenters. The molecule has 0 saturated carbocycles. The average molecular weight is 292 g/mol. The van der Waals surface area contributed by atoms with E-state index in [9.17, 15) is 0 Å². The maximum absolute atomic E-state index is 5.79. The zero-order valence-corrected chi connectivity index (χ0v) is 11.8. The van der Waals surface area contributed by atoms with Gasteiger partial charge in [0, 0.05) is 18.8 Å². The molecule has 0 saturated heterocycles. The van der Waals surface area contributed by atoms with E-state index in [1.54, 1.807) is 4.68 Å². The summed E-state index contributed by atoms with van der Waals surface area (Å²) in [7, 11) is 1.85. The number of hydrogen-bond acceptors (Lipinski definition) is 6. The van der Waals surface area contributed by atoms with Crippen LogP contribution in [-0.2, 0) is 7.05 Å². The van der Waals surface area contributed by atoms with Crippen LogP contribution in [0.2, 0.25) is 0 Å². The van der Waals surface area contributed by atoms with Crippen LogP contribution in [0.1, 0.15) is 0 Å². The second kappa shape index (κ2) is 4.66. The van der Waals surface area contributed by atoms with Crippen LogP contribution in [0.15, 0.2) is 47.5 Å². The first-order valence-corrected chi connectivity index (χ1v) is 6.67. The highest BCUT2D eigenvalue weighted by Gasteiger charge is 2.14. The fourth-order valence-corrected chi connectivity index (χ4v) is 2.34. The highest BCUT2D eigenvalue weighted by molar-refractivity contribution is 5.83. The van der Waals surface area contributed by atoms with Gasteiger partial charge in [-0.25, -0.2) is 9.97 Å². The summed E-state index contributed by atoms with van der Waals surface area (Å²) >= 11 is 0. The van der Waals surface area contributed by atoms with Crippen molar-refractivity contribution in [3.05, 3.63) is 43.1 Å². The quantitative estimate of drug-likeness (QED) is 0.609. The van der Waals surface area contributed by atoms with Crippen LogP contribution in [0.3, 0.4) is 0 Å². The molecule has 0 radical (unpaired) electrons. The molecule has 4 rings (SSSR count). The predicted octanol–water partition coefficient (Wildman–Crippen LogP) is 2.27. The Bertz CT molecular complexity index is 971. The van der Waals surface area contributed by atoms with E-state index >= 15 is 0 Å². The van der Waals surface area contributed by atoms with Gasteiger partial charge in [-0.15, -0.1) is 0 Å². The molecule has 7 nitrogen and oxygen atoms in total. The number of nitrogen functional groups attached to an aromatic ring is 1. The van der Waals surface area contributed by atoms with E-state index in [1.165, 1.54) is 12.6 Å². The Morgan fingerprint density at radius 1 is 1.14 bits per heavy atom. The standard InChI is InChI=1S/C15H12N6O/c1-21-5-4-10(20-21)15-14(17-7-13(16)19-15)9-2-3-12-11(6-9)18-8-22-12/h2-8H,1H3,(H2,16,19). The van der Waals surface area contributed by atoms with E-state index in [4.69, 9.17) is 10.2 Å². The lowest BCUT2D eigenvalue weighted by molar-refractivity contribution is 0.602. The topological polar surface area (TPSA) is 95.7 Å². The van der Waals surface area contributed by atoms with Crippen molar-refractivity contribution >= 4 is 16.9 Å². The molecule has 3 aromatic heterocycles. The summed E-state index contributed by atoms with van der Waals surface area (Å²) in [6, 6.07) is 7.56. The number of oxazole rings is 1. The summed E-state index contributed by atoms with van der Waals surface area (Å²) in [5.41, 5.74) is 10.2. The van der Waals surface area contributed by atoms with Gasteiger partial charge >= 0.3 is 0 Å². The molecular weight excluding hydrogens is 280 g/mol. The zero-order chi connectivity index (χ0) is 15.1. The van der Waals surface area contributed by atoms with Crippen LogP contribution in [0, 0.1) is 0 Å². The van der Waals surface area contributed by atoms with E-state index in [0.29, 0.717) is 17.2 Å². The lowest BCUT2D eigenvalue weighted by Crippen LogP contribution is -1.99. The van der Waals surface area contributed by atoms with Crippen LogP contribution < -0.4 is 5.73 Å². The zero-order valence-electron chi connectivity index (χ0n) is 11.8. The summed E-state index contributed by atoms with van der Waals surface area (Å²) in [5, 5.41) is 4.38. The number of benzene rings is 1. The van der Waals surface area contributed by atoms with Gasteiger partial charge < -0.3 is 10.2 Å². The number of anilines is 1. The van der Waals surface area contributed by atoms with Gasteiger partial charge in [0.25, 0.3) is 0 Å². The predicted molar refractivity (Wildman–Crippen MR) is 81.6 cm³/mol. The molecule has 0 spiro atoms. The van der Waals surface area contributed by atoms with E-state index in [2.05, 4.69) is 20.1 Å². The van der Waals surface area contributed by atoms with E-state index < -0.39 is 0 Å². The van der Waals surface area contributed by atoms with Gasteiger partial charge in [0.2, 0.25) is 0 Å². The van der Waals surface area contributed by atoms with Gasteiger partial charge in [-0.05, 0) is 24.3 Å². The minimum absolute atomic E-state index is 0.354. The number of rotatable bonds is 2. The molecule has 0 aliphatic rings. The average Bonchev–Trinajstić information content (AvgIpc) is 3.15. The first-order chi connectivity index (χ1) is 10.7. The maximum atomic E-state index is 5.79. The fourth-order valence-electron chi connectivity index (χ4n) is 2.34. The summed E-state index contributed by atoms with van der Waals surface area (Å²) in [6.07, 6.45) is 4.81. The first kappa shape index (κ1) is 12.5. The van der Waals surface area contributed by atoms with Gasteiger partial charge in [0.1, 0.15) is 22.7 Å². The fraction of sp³-hybridized carbons (Fsp3) is 0.0667. The Labute approximate surface area is 125 Å². The molecule has 4 aromatic rings. The maximum Gasteiger partial charge on any atom is 0.181 e. The first-order valence-electron chi connectivity index (χ1n) is 6.67. The van der Waals surface area contributed by atoms with Gasteiger partial charge in [-0.1, -0.05) is 0 Å². The number of aromatic nitrogens is 5. The molecule has 2 N–H and O–H groups in total. The van der Waals surface area contributed by atoms with Crippen molar-refractivity contribution in [3.8, 4) is 22.6 Å². The largest absolute Gasteiger partial charge is 0.443 e. The summed E-state index contributed by atoms with van der Waals surface area (Å²) < 4.78 is 6.98. The molecule has 3 heterocycles. The van der Waals surface area contributed by atoms with Crippen molar-refractivity contribution in [2.24, 2.45) is 7.05 Å². The Morgan fingerprint density at radius 2 is 2.05 bits per heavy atom. The van der Waals surface area contributed by atoms with E-state index in [-0.39, 0.29) is 0 Å². The van der Waals surface area contributed by atoms with Crippen molar-refractivity contribution < 1.29 is 4.42 Å². The lowest BCUT2D eigenvalue weighted by atomic mass is 10.1. The van der Waals surface area contributed by atoms with E-state index in [1.807, 2.05) is 37.5 Å². The smallest absolute Gasteiger partial charge is 0.181 e.